The average Bonchev–Trinajstić information content (AvgIpc) is 3.87. The quantitative estimate of drug-likeness (QED) is 0.167. The van der Waals surface area contributed by atoms with Gasteiger partial charge in [0.2, 0.25) is 11.4 Å². The maximum Gasteiger partial charge on any atom is 0.219 e. The van der Waals surface area contributed by atoms with Crippen LogP contribution < -0.4 is 19.5 Å². The second-order valence-corrected chi connectivity index (χ2v) is 16.2. The van der Waals surface area contributed by atoms with Gasteiger partial charge in [-0.25, -0.2) is 15.0 Å². The van der Waals surface area contributed by atoms with Gasteiger partial charge in [0.15, 0.2) is 5.75 Å². The van der Waals surface area contributed by atoms with Gasteiger partial charge < -0.3 is 19.5 Å². The fraction of sp³-hybridized carbons (Fsp3) is 0.207. The first-order chi connectivity index (χ1) is 22.2. The Hall–Kier alpha value is -4.46. The topological polar surface area (TPSA) is 172 Å². The van der Waals surface area contributed by atoms with Crippen LogP contribution in [-0.2, 0) is 5.60 Å². The van der Waals surface area contributed by atoms with Crippen LogP contribution >= 0.6 is 68.4 Å². The van der Waals surface area contributed by atoms with Gasteiger partial charge in [0.1, 0.15) is 81.2 Å². The summed E-state index contributed by atoms with van der Waals surface area (Å²) >= 11 is 9.15. The van der Waals surface area contributed by atoms with Crippen LogP contribution in [0.2, 0.25) is 0 Å². The average molecular weight is 717 g/mol. The lowest BCUT2D eigenvalue weighted by molar-refractivity contribution is 0.107. The zero-order chi connectivity index (χ0) is 32.3. The van der Waals surface area contributed by atoms with Crippen molar-refractivity contribution < 1.29 is 14.2 Å². The fourth-order valence-electron chi connectivity index (χ4n) is 4.99. The van der Waals surface area contributed by atoms with Crippen molar-refractivity contribution in [3.63, 3.8) is 0 Å². The molecule has 2 aliphatic rings. The summed E-state index contributed by atoms with van der Waals surface area (Å²) in [7, 11) is 3.15. The van der Waals surface area contributed by atoms with E-state index in [4.69, 9.17) is 40.2 Å². The Labute approximate surface area is 285 Å². The molecule has 0 amide bonds. The molecule has 7 heterocycles. The fourth-order valence-corrected chi connectivity index (χ4v) is 12.7. The number of methoxy groups -OCH3 is 2. The van der Waals surface area contributed by atoms with Crippen LogP contribution in [-0.4, -0.2) is 30.6 Å². The van der Waals surface area contributed by atoms with Crippen molar-refractivity contribution in [2.75, 3.05) is 19.5 Å². The van der Waals surface area contributed by atoms with Crippen molar-refractivity contribution >= 4 is 104 Å². The highest BCUT2D eigenvalue weighted by Crippen LogP contribution is 2.65. The summed E-state index contributed by atoms with van der Waals surface area (Å²) in [6.07, 6.45) is 0. The van der Waals surface area contributed by atoms with E-state index in [2.05, 4.69) is 29.1 Å². The summed E-state index contributed by atoms with van der Waals surface area (Å²) in [4.78, 5) is 19.1. The number of hydrogen-bond donors (Lipinski definition) is 1. The van der Waals surface area contributed by atoms with Crippen molar-refractivity contribution in [2.45, 2.75) is 29.7 Å². The Morgan fingerprint density at radius 2 is 1.52 bits per heavy atom. The molecule has 7 rings (SSSR count). The largest absolute Gasteiger partial charge is 0.495 e. The molecule has 0 aliphatic carbocycles. The molecule has 2 aliphatic heterocycles. The van der Waals surface area contributed by atoms with E-state index in [1.807, 2.05) is 0 Å². The van der Waals surface area contributed by atoms with Crippen molar-refractivity contribution in [1.29, 1.82) is 21.0 Å². The second kappa shape index (κ2) is 11.4. The Kier molecular flexibility index (Phi) is 7.49. The van der Waals surface area contributed by atoms with Crippen molar-refractivity contribution in [3.05, 3.63) is 22.6 Å². The van der Waals surface area contributed by atoms with Gasteiger partial charge in [-0.05, 0) is 13.8 Å². The van der Waals surface area contributed by atoms with E-state index < -0.39 is 5.60 Å². The molecule has 0 radical (unpaired) electrons. The Balaban J connectivity index is 1.24. The van der Waals surface area contributed by atoms with Crippen LogP contribution in [0.25, 0.3) is 29.2 Å². The summed E-state index contributed by atoms with van der Waals surface area (Å²) in [5, 5.41) is 42.8. The van der Waals surface area contributed by atoms with Crippen LogP contribution in [0.3, 0.4) is 0 Å². The summed E-state index contributed by atoms with van der Waals surface area (Å²) in [6.45, 7) is 4.14. The smallest absolute Gasteiger partial charge is 0.219 e. The van der Waals surface area contributed by atoms with E-state index >= 15 is 0 Å². The molecular weight excluding hydrogens is 701 g/mol. The maximum absolute atomic E-state index is 9.13. The van der Waals surface area contributed by atoms with Gasteiger partial charge in [0.25, 0.3) is 0 Å². The number of thiophene rings is 4. The van der Waals surface area contributed by atoms with Crippen molar-refractivity contribution in [3.8, 4) is 61.2 Å². The second-order valence-electron chi connectivity index (χ2n) is 10.0. The predicted molar refractivity (Wildman–Crippen MR) is 184 cm³/mol. The normalized spacial score (nSPS) is 15.1. The third-order valence-corrected chi connectivity index (χ3v) is 14.2. The summed E-state index contributed by atoms with van der Waals surface area (Å²) < 4.78 is 18.9. The number of aromatic nitrogens is 1. The first-order valence-electron chi connectivity index (χ1n) is 13.1. The molecule has 0 fully saturated rings. The first-order valence-corrected chi connectivity index (χ1v) is 18.0. The van der Waals surface area contributed by atoms with Crippen molar-refractivity contribution in [2.24, 2.45) is 9.98 Å². The minimum atomic E-state index is -0.634. The lowest BCUT2D eigenvalue weighted by atomic mass is 9.95. The standard InChI is InChI=1S/C29H16N8O3S6/c1-29(2)17-21(43-27-22(17)44-25(36-27)19-13(38-3)5-15(41-19)34-11(7-30)8-31)23-18(40-29)24-28(45-23)37-26(46-24)20-14(39-4)6-16(42-20)35-12(9-32)10-33/h5-6,25,36H,1-4H3. The molecule has 1 unspecified atom stereocenters. The highest BCUT2D eigenvalue weighted by atomic mass is 32.2. The Morgan fingerprint density at radius 1 is 0.870 bits per heavy atom. The lowest BCUT2D eigenvalue weighted by Gasteiger charge is -2.32. The first kappa shape index (κ1) is 30.2. The number of nitrogens with zero attached hydrogens (tertiary/aromatic N) is 7. The van der Waals surface area contributed by atoms with Crippen LogP contribution in [0.15, 0.2) is 27.0 Å². The minimum Gasteiger partial charge on any atom is -0.495 e. The van der Waals surface area contributed by atoms with E-state index in [9.17, 15) is 0 Å². The molecule has 11 nitrogen and oxygen atoms in total. The number of rotatable bonds is 6. The van der Waals surface area contributed by atoms with E-state index in [0.717, 1.165) is 55.3 Å². The summed E-state index contributed by atoms with van der Waals surface area (Å²) in [6, 6.07) is 10.6. The molecule has 46 heavy (non-hydrogen) atoms. The number of thiazole rings is 1. The maximum atomic E-state index is 9.13. The SMILES string of the molecule is COc1cc(N=C(C#N)C#N)sc1-c1nc2sc3c(c2s1)OC(C)(C)c1c-3sc2c1SC(c1sc(N=C(C#N)C#N)cc1OC)N2. The van der Waals surface area contributed by atoms with E-state index in [1.165, 1.54) is 34.0 Å². The zero-order valence-electron chi connectivity index (χ0n) is 24.0. The Morgan fingerprint density at radius 3 is 2.17 bits per heavy atom. The molecule has 226 valence electrons. The van der Waals surface area contributed by atoms with E-state index in [1.54, 1.807) is 85.1 Å². The number of anilines is 1. The molecular formula is C29H16N8O3S6. The third kappa shape index (κ3) is 4.81. The van der Waals surface area contributed by atoms with Gasteiger partial charge >= 0.3 is 0 Å². The number of thioether (sulfide) groups is 1. The van der Waals surface area contributed by atoms with Gasteiger partial charge in [-0.1, -0.05) is 11.8 Å². The monoisotopic (exact) mass is 716 g/mol. The minimum absolute atomic E-state index is 0.135. The molecule has 1 N–H and O–H groups in total. The van der Waals surface area contributed by atoms with E-state index in [-0.39, 0.29) is 16.8 Å². The van der Waals surface area contributed by atoms with Crippen molar-refractivity contribution in [1.82, 2.24) is 4.98 Å². The molecule has 5 aromatic rings. The summed E-state index contributed by atoms with van der Waals surface area (Å²) in [5.74, 6) is 2.02. The van der Waals surface area contributed by atoms with Crippen LogP contribution in [0.5, 0.6) is 17.2 Å². The van der Waals surface area contributed by atoms with Gasteiger partial charge in [0, 0.05) is 17.7 Å². The molecule has 0 spiro atoms. The number of hydrogen-bond acceptors (Lipinski definition) is 17. The van der Waals surface area contributed by atoms with Gasteiger partial charge in [-0.15, -0.1) is 56.7 Å². The summed E-state index contributed by atoms with van der Waals surface area (Å²) in [5.41, 5.74) is 0.0510. The number of aliphatic imine (C=N–C) groups is 2. The van der Waals surface area contributed by atoms with Gasteiger partial charge in [-0.3, -0.25) is 0 Å². The molecule has 5 aromatic heterocycles. The predicted octanol–water partition coefficient (Wildman–Crippen LogP) is 8.98. The van der Waals surface area contributed by atoms with Crippen LogP contribution in [0.1, 0.15) is 29.7 Å². The number of nitriles is 4. The molecule has 0 saturated carbocycles. The third-order valence-electron chi connectivity index (χ3n) is 6.87. The van der Waals surface area contributed by atoms with Gasteiger partial charge in [0.05, 0.1) is 33.7 Å². The molecule has 0 bridgehead atoms. The highest BCUT2D eigenvalue weighted by molar-refractivity contribution is 8.00. The number of nitrogens with one attached hydrogen (secondary N) is 1. The molecule has 17 heteroatoms. The lowest BCUT2D eigenvalue weighted by Crippen LogP contribution is -2.28. The zero-order valence-corrected chi connectivity index (χ0v) is 28.9. The molecule has 1 atom stereocenters. The van der Waals surface area contributed by atoms with E-state index in [0.29, 0.717) is 21.5 Å². The number of ether oxygens (including phenoxy) is 3. The van der Waals surface area contributed by atoms with Gasteiger partial charge in [-0.2, -0.15) is 21.0 Å². The van der Waals surface area contributed by atoms with Crippen LogP contribution in [0.4, 0.5) is 15.0 Å². The Bertz CT molecular complexity index is 2290. The molecule has 0 saturated heterocycles. The highest BCUT2D eigenvalue weighted by Gasteiger charge is 2.44. The molecule has 0 aromatic carbocycles. The number of fused-ring (bicyclic) bond motifs is 7. The van der Waals surface area contributed by atoms with Crippen LogP contribution in [0, 0.1) is 45.3 Å².